The third-order valence-corrected chi connectivity index (χ3v) is 3.87. The van der Waals surface area contributed by atoms with E-state index in [-0.39, 0.29) is 30.3 Å². The van der Waals surface area contributed by atoms with Gasteiger partial charge in [-0.1, -0.05) is 12.2 Å². The van der Waals surface area contributed by atoms with Crippen molar-refractivity contribution < 1.29 is 17.9 Å². The third-order valence-electron chi connectivity index (χ3n) is 1.74. The highest BCUT2D eigenvalue weighted by Gasteiger charge is 2.19. The Kier molecular flexibility index (Phi) is 6.46. The van der Waals surface area contributed by atoms with Gasteiger partial charge in [-0.05, 0) is 6.92 Å². The summed E-state index contributed by atoms with van der Waals surface area (Å²) in [5, 5.41) is 0. The van der Waals surface area contributed by atoms with Crippen molar-refractivity contribution in [3.8, 4) is 0 Å². The van der Waals surface area contributed by atoms with E-state index in [1.54, 1.807) is 6.92 Å². The van der Waals surface area contributed by atoms with Crippen LogP contribution in [0, 0.1) is 0 Å². The van der Waals surface area contributed by atoms with Crippen LogP contribution in [0.5, 0.6) is 0 Å². The van der Waals surface area contributed by atoms with Crippen molar-refractivity contribution in [1.82, 2.24) is 4.31 Å². The molecule has 0 aromatic rings. The zero-order chi connectivity index (χ0) is 12.8. The van der Waals surface area contributed by atoms with Crippen LogP contribution in [-0.4, -0.2) is 49.6 Å². The molecule has 0 radical (unpaired) electrons. The Morgan fingerprint density at radius 3 is 2.50 bits per heavy atom. The second-order valence-corrected chi connectivity index (χ2v) is 5.70. The summed E-state index contributed by atoms with van der Waals surface area (Å²) in [6.45, 7) is 2.02. The highest BCUT2D eigenvalue weighted by atomic mass is 32.2. The molecular weight excluding hydrogens is 252 g/mol. The van der Waals surface area contributed by atoms with Crippen LogP contribution in [0.1, 0.15) is 13.3 Å². The molecule has 0 saturated heterocycles. The summed E-state index contributed by atoms with van der Waals surface area (Å²) in [7, 11) is -2.14. The quantitative estimate of drug-likeness (QED) is 0.494. The lowest BCUT2D eigenvalue weighted by Crippen LogP contribution is -2.35. The predicted octanol–water partition coefficient (Wildman–Crippen LogP) is -0.513. The molecule has 0 fully saturated rings. The standard InChI is InChI=1S/C8H16N2O4S2/c1-3-14-8(11)4-5-10(2)16(12,13)6-7(9)15/h3-6H2,1-2H3,(H2,9,15). The summed E-state index contributed by atoms with van der Waals surface area (Å²) in [6, 6.07) is 0. The lowest BCUT2D eigenvalue weighted by molar-refractivity contribution is -0.143. The van der Waals surface area contributed by atoms with Crippen LogP contribution in [0.4, 0.5) is 0 Å². The summed E-state index contributed by atoms with van der Waals surface area (Å²) in [5.74, 6) is -0.818. The van der Waals surface area contributed by atoms with Gasteiger partial charge in [-0.25, -0.2) is 12.7 Å². The molecular formula is C8H16N2O4S2. The number of carbonyl (C=O) groups excluding carboxylic acids is 1. The van der Waals surface area contributed by atoms with Crippen LogP contribution in [0.3, 0.4) is 0 Å². The summed E-state index contributed by atoms with van der Waals surface area (Å²) in [6.07, 6.45) is 0.0148. The van der Waals surface area contributed by atoms with Crippen molar-refractivity contribution in [2.75, 3.05) is 26.0 Å². The third kappa shape index (κ3) is 5.99. The Morgan fingerprint density at radius 2 is 2.06 bits per heavy atom. The second-order valence-electron chi connectivity index (χ2n) is 3.10. The lowest BCUT2D eigenvalue weighted by Gasteiger charge is -2.15. The van der Waals surface area contributed by atoms with E-state index in [2.05, 4.69) is 17.0 Å². The molecule has 94 valence electrons. The van der Waals surface area contributed by atoms with Gasteiger partial charge >= 0.3 is 5.97 Å². The molecule has 2 N–H and O–H groups in total. The summed E-state index contributed by atoms with van der Waals surface area (Å²) in [4.78, 5) is 10.9. The van der Waals surface area contributed by atoms with Crippen LogP contribution in [0.15, 0.2) is 0 Å². The zero-order valence-corrected chi connectivity index (χ0v) is 10.9. The number of esters is 1. The van der Waals surface area contributed by atoms with Crippen molar-refractivity contribution in [3.63, 3.8) is 0 Å². The molecule has 0 aliphatic rings. The van der Waals surface area contributed by atoms with Crippen molar-refractivity contribution in [3.05, 3.63) is 0 Å². The number of nitrogens with two attached hydrogens (primary N) is 1. The minimum atomic E-state index is -3.51. The normalized spacial score (nSPS) is 11.4. The van der Waals surface area contributed by atoms with Gasteiger partial charge in [-0.15, -0.1) is 0 Å². The van der Waals surface area contributed by atoms with Gasteiger partial charge in [-0.3, -0.25) is 4.79 Å². The van der Waals surface area contributed by atoms with Gasteiger partial charge < -0.3 is 10.5 Å². The van der Waals surface area contributed by atoms with Gasteiger partial charge in [0.05, 0.1) is 18.0 Å². The molecule has 0 aromatic heterocycles. The number of ether oxygens (including phenoxy) is 1. The fourth-order valence-corrected chi connectivity index (χ4v) is 2.31. The monoisotopic (exact) mass is 268 g/mol. The van der Waals surface area contributed by atoms with Gasteiger partial charge in [0.2, 0.25) is 10.0 Å². The van der Waals surface area contributed by atoms with Crippen molar-refractivity contribution in [2.45, 2.75) is 13.3 Å². The zero-order valence-electron chi connectivity index (χ0n) is 9.30. The molecule has 0 aromatic carbocycles. The minimum absolute atomic E-state index is 0.0148. The maximum absolute atomic E-state index is 11.5. The summed E-state index contributed by atoms with van der Waals surface area (Å²) in [5.41, 5.74) is 5.15. The Hall–Kier alpha value is -0.730. The van der Waals surface area contributed by atoms with E-state index >= 15 is 0 Å². The van der Waals surface area contributed by atoms with E-state index in [1.165, 1.54) is 7.05 Å². The van der Waals surface area contributed by atoms with Crippen molar-refractivity contribution >= 4 is 33.2 Å². The molecule has 0 aliphatic heterocycles. The van der Waals surface area contributed by atoms with Gasteiger partial charge in [0.15, 0.2) is 0 Å². The van der Waals surface area contributed by atoms with Crippen LogP contribution in [0.2, 0.25) is 0 Å². The molecule has 0 bridgehead atoms. The number of rotatable bonds is 7. The van der Waals surface area contributed by atoms with Crippen molar-refractivity contribution in [1.29, 1.82) is 0 Å². The van der Waals surface area contributed by atoms with E-state index in [0.29, 0.717) is 0 Å². The Balaban J connectivity index is 4.20. The van der Waals surface area contributed by atoms with Crippen LogP contribution >= 0.6 is 12.2 Å². The molecule has 0 unspecified atom stereocenters. The fourth-order valence-electron chi connectivity index (χ4n) is 0.911. The second kappa shape index (κ2) is 6.77. The highest BCUT2D eigenvalue weighted by molar-refractivity contribution is 7.92. The van der Waals surface area contributed by atoms with Crippen LogP contribution < -0.4 is 5.73 Å². The molecule has 0 rings (SSSR count). The Bertz CT molecular complexity index is 353. The molecule has 6 nitrogen and oxygen atoms in total. The Morgan fingerprint density at radius 1 is 1.50 bits per heavy atom. The Labute approximate surface area is 101 Å². The lowest BCUT2D eigenvalue weighted by atomic mass is 10.4. The number of thiocarbonyl (C=S) groups is 1. The summed E-state index contributed by atoms with van der Waals surface area (Å²) >= 11 is 4.52. The van der Waals surface area contributed by atoms with Gasteiger partial charge in [0, 0.05) is 13.6 Å². The largest absolute Gasteiger partial charge is 0.466 e. The summed E-state index contributed by atoms with van der Waals surface area (Å²) < 4.78 is 28.8. The number of carbonyl (C=O) groups is 1. The molecule has 0 spiro atoms. The average molecular weight is 268 g/mol. The molecule has 0 saturated carbocycles. The minimum Gasteiger partial charge on any atom is -0.466 e. The van der Waals surface area contributed by atoms with E-state index in [4.69, 9.17) is 5.73 Å². The molecule has 8 heteroatoms. The molecule has 16 heavy (non-hydrogen) atoms. The first-order valence-corrected chi connectivity index (χ1v) is 6.69. The van der Waals surface area contributed by atoms with E-state index in [1.807, 2.05) is 0 Å². The first-order valence-electron chi connectivity index (χ1n) is 4.67. The first-order chi connectivity index (χ1) is 7.29. The molecule has 0 heterocycles. The predicted molar refractivity (Wildman–Crippen MR) is 64.5 cm³/mol. The molecule has 0 aliphatic carbocycles. The first kappa shape index (κ1) is 15.3. The van der Waals surface area contributed by atoms with E-state index in [0.717, 1.165) is 4.31 Å². The number of sulfonamides is 1. The smallest absolute Gasteiger partial charge is 0.307 e. The topological polar surface area (TPSA) is 89.7 Å². The van der Waals surface area contributed by atoms with E-state index in [9.17, 15) is 13.2 Å². The average Bonchev–Trinajstić information content (AvgIpc) is 2.12. The fraction of sp³-hybridized carbons (Fsp3) is 0.750. The van der Waals surface area contributed by atoms with Crippen LogP contribution in [0.25, 0.3) is 0 Å². The molecule has 0 atom stereocenters. The number of hydrogen-bond acceptors (Lipinski definition) is 5. The SMILES string of the molecule is CCOC(=O)CCN(C)S(=O)(=O)CC(N)=S. The van der Waals surface area contributed by atoms with Gasteiger partial charge in [0.1, 0.15) is 5.75 Å². The van der Waals surface area contributed by atoms with Gasteiger partial charge in [-0.2, -0.15) is 0 Å². The molecule has 0 amide bonds. The number of hydrogen-bond donors (Lipinski definition) is 1. The number of nitrogens with zero attached hydrogens (tertiary/aromatic N) is 1. The maximum Gasteiger partial charge on any atom is 0.307 e. The highest BCUT2D eigenvalue weighted by Crippen LogP contribution is 2.00. The maximum atomic E-state index is 11.5. The van der Waals surface area contributed by atoms with Crippen LogP contribution in [-0.2, 0) is 19.6 Å². The van der Waals surface area contributed by atoms with E-state index < -0.39 is 16.0 Å². The van der Waals surface area contributed by atoms with Gasteiger partial charge in [0.25, 0.3) is 0 Å². The van der Waals surface area contributed by atoms with Crippen molar-refractivity contribution in [2.24, 2.45) is 5.73 Å².